The first-order valence-corrected chi connectivity index (χ1v) is 8.29. The molecule has 3 aromatic rings. The van der Waals surface area contributed by atoms with Gasteiger partial charge in [0.15, 0.2) is 0 Å². The highest BCUT2D eigenvalue weighted by atomic mass is 35.5. The minimum atomic E-state index is -1.66. The van der Waals surface area contributed by atoms with E-state index >= 15 is 0 Å². The maximum atomic E-state index is 14.6. The Hall–Kier alpha value is -2.37. The Morgan fingerprint density at radius 3 is 2.84 bits per heavy atom. The van der Waals surface area contributed by atoms with Crippen LogP contribution in [0, 0.1) is 5.82 Å². The van der Waals surface area contributed by atoms with Crippen LogP contribution in [-0.4, -0.2) is 17.6 Å². The number of hydrogen-bond acceptors (Lipinski definition) is 3. The zero-order valence-electron chi connectivity index (χ0n) is 13.4. The molecule has 4 nitrogen and oxygen atoms in total. The Morgan fingerprint density at radius 2 is 2.08 bits per heavy atom. The maximum Gasteiger partial charge on any atom is 0.305 e. The molecular formula is C19H15ClFNO3. The van der Waals surface area contributed by atoms with Crippen molar-refractivity contribution in [1.29, 1.82) is 0 Å². The molecule has 0 saturated carbocycles. The number of aromatic amines is 1. The van der Waals surface area contributed by atoms with Crippen molar-refractivity contribution in [2.24, 2.45) is 0 Å². The van der Waals surface area contributed by atoms with E-state index in [1.54, 1.807) is 24.3 Å². The predicted octanol–water partition coefficient (Wildman–Crippen LogP) is 4.30. The average molecular weight is 360 g/mol. The molecule has 25 heavy (non-hydrogen) atoms. The highest BCUT2D eigenvalue weighted by Crippen LogP contribution is 2.44. The first-order chi connectivity index (χ1) is 12.0. The van der Waals surface area contributed by atoms with E-state index in [4.69, 9.17) is 21.1 Å². The van der Waals surface area contributed by atoms with E-state index in [0.717, 1.165) is 16.5 Å². The molecule has 0 fully saturated rings. The minimum Gasteiger partial charge on any atom is -0.422 e. The molecule has 1 aliphatic rings. The number of carbonyl (C=O) groups is 1. The quantitative estimate of drug-likeness (QED) is 0.694. The number of esters is 1. The number of ether oxygens (including phenoxy) is 2. The van der Waals surface area contributed by atoms with Crippen LogP contribution in [0.25, 0.3) is 10.9 Å². The van der Waals surface area contributed by atoms with Crippen molar-refractivity contribution in [2.45, 2.75) is 19.1 Å². The van der Waals surface area contributed by atoms with E-state index < -0.39 is 17.6 Å². The number of benzene rings is 2. The summed E-state index contributed by atoms with van der Waals surface area (Å²) in [6.07, 6.45) is 0.580. The number of hydrogen-bond donors (Lipinski definition) is 1. The molecule has 1 aromatic heterocycles. The SMILES string of the molecule is CC(=O)OC1(c2ccccc2F)OCCc2c1[nH]c1cccc(Cl)c21. The van der Waals surface area contributed by atoms with Crippen LogP contribution in [-0.2, 0) is 26.5 Å². The van der Waals surface area contributed by atoms with E-state index in [9.17, 15) is 9.18 Å². The lowest BCUT2D eigenvalue weighted by atomic mass is 9.94. The Kier molecular flexibility index (Phi) is 3.78. The highest BCUT2D eigenvalue weighted by Gasteiger charge is 2.47. The van der Waals surface area contributed by atoms with Crippen LogP contribution in [0.4, 0.5) is 4.39 Å². The molecule has 0 aliphatic carbocycles. The molecule has 1 N–H and O–H groups in total. The second-order valence-electron chi connectivity index (χ2n) is 5.93. The standard InChI is InChI=1S/C19H15ClFNO3/c1-11(23)25-19(13-5-2-3-7-15(13)21)18-12(9-10-24-19)17-14(20)6-4-8-16(17)22-18/h2-8,22H,9-10H2,1H3. The molecule has 0 bridgehead atoms. The molecule has 0 saturated heterocycles. The molecule has 1 atom stereocenters. The summed E-state index contributed by atoms with van der Waals surface area (Å²) in [5, 5.41) is 1.43. The van der Waals surface area contributed by atoms with Crippen LogP contribution in [0.3, 0.4) is 0 Å². The van der Waals surface area contributed by atoms with Gasteiger partial charge in [0.25, 0.3) is 5.79 Å². The van der Waals surface area contributed by atoms with Gasteiger partial charge in [-0.25, -0.2) is 4.39 Å². The second-order valence-corrected chi connectivity index (χ2v) is 6.34. The number of halogens is 2. The lowest BCUT2D eigenvalue weighted by Gasteiger charge is -2.36. The fraction of sp³-hybridized carbons (Fsp3) is 0.211. The fourth-order valence-corrected chi connectivity index (χ4v) is 3.74. The molecule has 1 unspecified atom stereocenters. The lowest BCUT2D eigenvalue weighted by molar-refractivity contribution is -0.223. The smallest absolute Gasteiger partial charge is 0.305 e. The third-order valence-corrected chi connectivity index (χ3v) is 4.69. The van der Waals surface area contributed by atoms with Crippen LogP contribution in [0.15, 0.2) is 42.5 Å². The number of fused-ring (bicyclic) bond motifs is 3. The Labute approximate surface area is 148 Å². The van der Waals surface area contributed by atoms with Gasteiger partial charge in [0, 0.05) is 17.8 Å². The molecule has 0 radical (unpaired) electrons. The first-order valence-electron chi connectivity index (χ1n) is 7.91. The number of rotatable bonds is 2. The molecule has 128 valence electrons. The van der Waals surface area contributed by atoms with Crippen LogP contribution in [0.2, 0.25) is 5.02 Å². The van der Waals surface area contributed by atoms with Crippen LogP contribution < -0.4 is 0 Å². The van der Waals surface area contributed by atoms with E-state index in [2.05, 4.69) is 4.98 Å². The summed E-state index contributed by atoms with van der Waals surface area (Å²) >= 11 is 6.37. The molecule has 2 aromatic carbocycles. The highest BCUT2D eigenvalue weighted by molar-refractivity contribution is 6.35. The fourth-order valence-electron chi connectivity index (χ4n) is 3.45. The summed E-state index contributed by atoms with van der Waals surface area (Å²) in [6, 6.07) is 11.6. The molecule has 6 heteroatoms. The third kappa shape index (κ3) is 2.42. The molecule has 0 amide bonds. The van der Waals surface area contributed by atoms with Gasteiger partial charge in [-0.3, -0.25) is 4.79 Å². The Bertz CT molecular complexity index is 984. The van der Waals surface area contributed by atoms with Gasteiger partial charge in [-0.1, -0.05) is 29.8 Å². The second kappa shape index (κ2) is 5.86. The van der Waals surface area contributed by atoms with E-state index in [1.165, 1.54) is 13.0 Å². The van der Waals surface area contributed by atoms with Gasteiger partial charge in [0.2, 0.25) is 0 Å². The van der Waals surface area contributed by atoms with Crippen LogP contribution in [0.5, 0.6) is 0 Å². The summed E-state index contributed by atoms with van der Waals surface area (Å²) in [5.41, 5.74) is 2.31. The van der Waals surface area contributed by atoms with Gasteiger partial charge in [-0.15, -0.1) is 0 Å². The lowest BCUT2D eigenvalue weighted by Crippen LogP contribution is -2.41. The van der Waals surface area contributed by atoms with Crippen LogP contribution >= 0.6 is 11.6 Å². The van der Waals surface area contributed by atoms with Crippen molar-refractivity contribution >= 4 is 28.5 Å². The zero-order valence-corrected chi connectivity index (χ0v) is 14.2. The largest absolute Gasteiger partial charge is 0.422 e. The van der Waals surface area contributed by atoms with Gasteiger partial charge in [-0.05, 0) is 36.2 Å². The summed E-state index contributed by atoms with van der Waals surface area (Å²) in [5.74, 6) is -2.74. The average Bonchev–Trinajstić information content (AvgIpc) is 2.96. The van der Waals surface area contributed by atoms with E-state index in [1.807, 2.05) is 12.1 Å². The van der Waals surface area contributed by atoms with Crippen molar-refractivity contribution in [3.63, 3.8) is 0 Å². The molecule has 1 aliphatic heterocycles. The molecular weight excluding hydrogens is 345 g/mol. The van der Waals surface area contributed by atoms with E-state index in [0.29, 0.717) is 17.1 Å². The van der Waals surface area contributed by atoms with Gasteiger partial charge < -0.3 is 14.5 Å². The minimum absolute atomic E-state index is 0.147. The van der Waals surface area contributed by atoms with Crippen molar-refractivity contribution in [2.75, 3.05) is 6.61 Å². The Morgan fingerprint density at radius 1 is 1.28 bits per heavy atom. The Balaban J connectivity index is 2.05. The summed E-state index contributed by atoms with van der Waals surface area (Å²) in [7, 11) is 0. The van der Waals surface area contributed by atoms with Crippen molar-refractivity contribution in [1.82, 2.24) is 4.98 Å². The zero-order chi connectivity index (χ0) is 17.6. The number of nitrogens with one attached hydrogen (secondary N) is 1. The first kappa shape index (κ1) is 16.1. The van der Waals surface area contributed by atoms with Gasteiger partial charge >= 0.3 is 5.97 Å². The summed E-state index contributed by atoms with van der Waals surface area (Å²) < 4.78 is 26.0. The predicted molar refractivity (Wildman–Crippen MR) is 91.9 cm³/mol. The van der Waals surface area contributed by atoms with Gasteiger partial charge in [0.05, 0.1) is 22.9 Å². The summed E-state index contributed by atoms with van der Waals surface area (Å²) in [4.78, 5) is 15.1. The third-order valence-electron chi connectivity index (χ3n) is 4.38. The van der Waals surface area contributed by atoms with Crippen molar-refractivity contribution < 1.29 is 18.7 Å². The van der Waals surface area contributed by atoms with Crippen LogP contribution in [0.1, 0.15) is 23.7 Å². The number of carbonyl (C=O) groups excluding carboxylic acids is 1. The van der Waals surface area contributed by atoms with Crippen molar-refractivity contribution in [3.05, 3.63) is 70.1 Å². The van der Waals surface area contributed by atoms with E-state index in [-0.39, 0.29) is 12.2 Å². The van der Waals surface area contributed by atoms with Gasteiger partial charge in [0.1, 0.15) is 5.82 Å². The van der Waals surface area contributed by atoms with Crippen molar-refractivity contribution in [3.8, 4) is 0 Å². The monoisotopic (exact) mass is 359 g/mol. The normalized spacial score (nSPS) is 19.6. The number of H-pyrrole nitrogens is 1. The number of aromatic nitrogens is 1. The topological polar surface area (TPSA) is 51.3 Å². The molecule has 4 rings (SSSR count). The maximum absolute atomic E-state index is 14.6. The molecule has 2 heterocycles. The van der Waals surface area contributed by atoms with Gasteiger partial charge in [-0.2, -0.15) is 0 Å². The summed E-state index contributed by atoms with van der Waals surface area (Å²) in [6.45, 7) is 1.54. The molecule has 0 spiro atoms.